The zero-order valence-corrected chi connectivity index (χ0v) is 11.3. The van der Waals surface area contributed by atoms with Crippen LogP contribution >= 0.6 is 0 Å². The number of anilines is 1. The number of carbonyl (C=O) groups is 1. The van der Waals surface area contributed by atoms with Crippen LogP contribution in [-0.2, 0) is 6.54 Å². The van der Waals surface area contributed by atoms with Crippen molar-refractivity contribution in [3.8, 4) is 0 Å². The quantitative estimate of drug-likeness (QED) is 0.756. The Balaban J connectivity index is 2.20. The lowest BCUT2D eigenvalue weighted by Gasteiger charge is -2.17. The molecule has 0 aliphatic carbocycles. The molecule has 1 aromatic heterocycles. The molecule has 106 valence electrons. The minimum absolute atomic E-state index is 0.185. The van der Waals surface area contributed by atoms with Gasteiger partial charge < -0.3 is 16.2 Å². The molecule has 0 saturated heterocycles. The van der Waals surface area contributed by atoms with E-state index >= 15 is 0 Å². The Morgan fingerprint density at radius 2 is 2.15 bits per heavy atom. The predicted octanol–water partition coefficient (Wildman–Crippen LogP) is 0.949. The fraction of sp³-hybridized carbons (Fsp3) is 0.286. The van der Waals surface area contributed by atoms with E-state index in [-0.39, 0.29) is 12.5 Å². The van der Waals surface area contributed by atoms with E-state index in [9.17, 15) is 9.90 Å². The number of hydrogen-bond donors (Lipinski definition) is 3. The van der Waals surface area contributed by atoms with E-state index in [0.717, 1.165) is 5.56 Å². The summed E-state index contributed by atoms with van der Waals surface area (Å²) in [6.07, 6.45) is 1.45. The maximum atomic E-state index is 12.3. The smallest absolute Gasteiger partial charge is 0.272 e. The summed E-state index contributed by atoms with van der Waals surface area (Å²) < 4.78 is 1.53. The third-order valence-corrected chi connectivity index (χ3v) is 3.07. The molecule has 6 nitrogen and oxygen atoms in total. The van der Waals surface area contributed by atoms with Gasteiger partial charge in [0.1, 0.15) is 5.69 Å². The summed E-state index contributed by atoms with van der Waals surface area (Å²) in [5, 5.41) is 16.3. The third-order valence-electron chi connectivity index (χ3n) is 3.07. The molecule has 2 rings (SSSR count). The molecule has 4 N–H and O–H groups in total. The monoisotopic (exact) mass is 274 g/mol. The van der Waals surface area contributed by atoms with Gasteiger partial charge in [-0.05, 0) is 12.5 Å². The summed E-state index contributed by atoms with van der Waals surface area (Å²) in [6.45, 7) is 2.24. The van der Waals surface area contributed by atoms with Crippen molar-refractivity contribution in [3.63, 3.8) is 0 Å². The number of aliphatic hydroxyl groups is 1. The van der Waals surface area contributed by atoms with Gasteiger partial charge in [0.2, 0.25) is 0 Å². The first-order chi connectivity index (χ1) is 9.67. The molecule has 0 spiro atoms. The van der Waals surface area contributed by atoms with Crippen molar-refractivity contribution in [2.45, 2.75) is 19.5 Å². The second kappa shape index (κ2) is 6.21. The van der Waals surface area contributed by atoms with Crippen LogP contribution in [0.5, 0.6) is 0 Å². The summed E-state index contributed by atoms with van der Waals surface area (Å²) >= 11 is 0. The van der Waals surface area contributed by atoms with Crippen LogP contribution in [0.2, 0.25) is 0 Å². The Morgan fingerprint density at radius 1 is 1.45 bits per heavy atom. The van der Waals surface area contributed by atoms with Crippen molar-refractivity contribution in [2.75, 3.05) is 12.3 Å². The molecule has 1 unspecified atom stereocenters. The highest BCUT2D eigenvalue weighted by Gasteiger charge is 2.20. The first-order valence-corrected chi connectivity index (χ1v) is 6.45. The van der Waals surface area contributed by atoms with Crippen LogP contribution in [0.3, 0.4) is 0 Å². The number of nitrogen functional groups attached to an aromatic ring is 1. The first-order valence-electron chi connectivity index (χ1n) is 6.45. The van der Waals surface area contributed by atoms with Gasteiger partial charge in [0.15, 0.2) is 0 Å². The van der Waals surface area contributed by atoms with Crippen LogP contribution in [0.25, 0.3) is 0 Å². The van der Waals surface area contributed by atoms with E-state index in [1.807, 2.05) is 37.3 Å². The number of hydrogen-bond acceptors (Lipinski definition) is 4. The highest BCUT2D eigenvalue weighted by molar-refractivity contribution is 5.97. The van der Waals surface area contributed by atoms with Crippen LogP contribution in [0.15, 0.2) is 36.5 Å². The fourth-order valence-corrected chi connectivity index (χ4v) is 2.03. The highest BCUT2D eigenvalue weighted by Crippen LogP contribution is 2.15. The minimum Gasteiger partial charge on any atom is -0.396 e. The van der Waals surface area contributed by atoms with Crippen molar-refractivity contribution in [3.05, 3.63) is 47.8 Å². The number of carbonyl (C=O) groups excluding carboxylic acids is 1. The van der Waals surface area contributed by atoms with Gasteiger partial charge >= 0.3 is 0 Å². The van der Waals surface area contributed by atoms with Crippen LogP contribution in [-0.4, -0.2) is 27.4 Å². The normalized spacial score (nSPS) is 12.1. The molecular formula is C14H18N4O2. The topological polar surface area (TPSA) is 93.2 Å². The molecule has 1 amide bonds. The largest absolute Gasteiger partial charge is 0.396 e. The second-order valence-electron chi connectivity index (χ2n) is 4.38. The number of rotatable bonds is 5. The van der Waals surface area contributed by atoms with Crippen LogP contribution < -0.4 is 11.1 Å². The maximum Gasteiger partial charge on any atom is 0.272 e. The zero-order chi connectivity index (χ0) is 14.5. The molecule has 1 heterocycles. The molecule has 0 bridgehead atoms. The standard InChI is InChI=1S/C14H18N4O2/c1-2-18-13(11(15)8-16-18)14(20)17-12(9-19)10-6-4-3-5-7-10/h3-8,12,19H,2,9,15H2,1H3,(H,17,20). The Morgan fingerprint density at radius 3 is 2.75 bits per heavy atom. The van der Waals surface area contributed by atoms with Crippen LogP contribution in [0, 0.1) is 0 Å². The number of amides is 1. The molecule has 6 heteroatoms. The van der Waals surface area contributed by atoms with Crippen molar-refractivity contribution in [2.24, 2.45) is 0 Å². The number of aliphatic hydroxyl groups excluding tert-OH is 1. The molecule has 2 aromatic rings. The third kappa shape index (κ3) is 2.80. The van der Waals surface area contributed by atoms with Crippen molar-refractivity contribution < 1.29 is 9.90 Å². The number of nitrogens with two attached hydrogens (primary N) is 1. The first kappa shape index (κ1) is 14.1. The molecule has 0 aliphatic heterocycles. The molecule has 0 saturated carbocycles. The number of aromatic nitrogens is 2. The molecular weight excluding hydrogens is 256 g/mol. The van der Waals surface area contributed by atoms with Gasteiger partial charge in [-0.25, -0.2) is 0 Å². The Hall–Kier alpha value is -2.34. The molecule has 1 aromatic carbocycles. The van der Waals surface area contributed by atoms with Gasteiger partial charge in [-0.3, -0.25) is 9.48 Å². The Bertz CT molecular complexity index is 580. The lowest BCUT2D eigenvalue weighted by atomic mass is 10.1. The van der Waals surface area contributed by atoms with E-state index in [1.165, 1.54) is 10.9 Å². The minimum atomic E-state index is -0.469. The number of aryl methyl sites for hydroxylation is 1. The van der Waals surface area contributed by atoms with E-state index in [1.54, 1.807) is 0 Å². The Kier molecular flexibility index (Phi) is 4.37. The second-order valence-corrected chi connectivity index (χ2v) is 4.38. The van der Waals surface area contributed by atoms with Gasteiger partial charge in [-0.1, -0.05) is 30.3 Å². The van der Waals surface area contributed by atoms with Gasteiger partial charge in [0, 0.05) is 6.54 Å². The van der Waals surface area contributed by atoms with Gasteiger partial charge in [-0.2, -0.15) is 5.10 Å². The summed E-state index contributed by atoms with van der Waals surface area (Å²) in [5.74, 6) is -0.343. The molecule has 0 fully saturated rings. The fourth-order valence-electron chi connectivity index (χ4n) is 2.03. The highest BCUT2D eigenvalue weighted by atomic mass is 16.3. The lowest BCUT2D eigenvalue weighted by Crippen LogP contribution is -2.32. The van der Waals surface area contributed by atoms with Gasteiger partial charge in [0.05, 0.1) is 24.5 Å². The zero-order valence-electron chi connectivity index (χ0n) is 11.3. The number of nitrogens with one attached hydrogen (secondary N) is 1. The van der Waals surface area contributed by atoms with Crippen molar-refractivity contribution in [1.82, 2.24) is 15.1 Å². The Labute approximate surface area is 117 Å². The van der Waals surface area contributed by atoms with Crippen LogP contribution in [0.4, 0.5) is 5.69 Å². The van der Waals surface area contributed by atoms with Crippen LogP contribution in [0.1, 0.15) is 29.0 Å². The SMILES string of the molecule is CCn1ncc(N)c1C(=O)NC(CO)c1ccccc1. The van der Waals surface area contributed by atoms with E-state index in [4.69, 9.17) is 5.73 Å². The summed E-state index contributed by atoms with van der Waals surface area (Å²) in [4.78, 5) is 12.3. The average molecular weight is 274 g/mol. The van der Waals surface area contributed by atoms with E-state index < -0.39 is 6.04 Å². The van der Waals surface area contributed by atoms with E-state index in [2.05, 4.69) is 10.4 Å². The van der Waals surface area contributed by atoms with Gasteiger partial charge in [0.25, 0.3) is 5.91 Å². The summed E-state index contributed by atoms with van der Waals surface area (Å²) in [7, 11) is 0. The average Bonchev–Trinajstić information content (AvgIpc) is 2.86. The van der Waals surface area contributed by atoms with Gasteiger partial charge in [-0.15, -0.1) is 0 Å². The van der Waals surface area contributed by atoms with Crippen molar-refractivity contribution in [1.29, 1.82) is 0 Å². The maximum absolute atomic E-state index is 12.3. The summed E-state index contributed by atoms with van der Waals surface area (Å²) in [5.41, 5.74) is 7.25. The number of nitrogens with zero attached hydrogens (tertiary/aromatic N) is 2. The predicted molar refractivity (Wildman–Crippen MR) is 76.0 cm³/mol. The molecule has 0 radical (unpaired) electrons. The lowest BCUT2D eigenvalue weighted by molar-refractivity contribution is 0.0906. The van der Waals surface area contributed by atoms with E-state index in [0.29, 0.717) is 17.9 Å². The number of benzene rings is 1. The molecule has 0 aliphatic rings. The summed E-state index contributed by atoms with van der Waals surface area (Å²) in [6, 6.07) is 8.82. The van der Waals surface area contributed by atoms with Crippen molar-refractivity contribution >= 4 is 11.6 Å². The molecule has 20 heavy (non-hydrogen) atoms. The molecule has 1 atom stereocenters.